The van der Waals surface area contributed by atoms with Gasteiger partial charge in [0.25, 0.3) is 0 Å². The second-order valence-corrected chi connectivity index (χ2v) is 0.843. The highest BCUT2D eigenvalue weighted by Crippen LogP contribution is 1.82. The number of nitrogens with one attached hydrogen (secondary N) is 1. The summed E-state index contributed by atoms with van der Waals surface area (Å²) in [5.74, 6) is 1.36. The van der Waals surface area contributed by atoms with Gasteiger partial charge >= 0.3 is 5.70 Å². The van der Waals surface area contributed by atoms with E-state index in [2.05, 4.69) is 0 Å². The summed E-state index contributed by atoms with van der Waals surface area (Å²) in [6.07, 6.45) is 0. The fraction of sp³-hybridized carbons (Fsp3) is 0. The molecule has 0 radical (unpaired) electrons. The maximum atomic E-state index is 9.53. The van der Waals surface area contributed by atoms with Crippen LogP contribution < -0.4 is 0 Å². The van der Waals surface area contributed by atoms with Crippen LogP contribution in [0.1, 0.15) is 0 Å². The molecule has 0 amide bonds. The van der Waals surface area contributed by atoms with Crippen molar-refractivity contribution < 1.29 is 4.92 Å². The van der Waals surface area contributed by atoms with Crippen LogP contribution in [0.3, 0.4) is 0 Å². The van der Waals surface area contributed by atoms with Crippen LogP contribution in [-0.2, 0) is 0 Å². The highest BCUT2D eigenvalue weighted by Gasteiger charge is 2.05. The van der Waals surface area contributed by atoms with Gasteiger partial charge in [0, 0.05) is 0 Å². The van der Waals surface area contributed by atoms with Gasteiger partial charge in [0.2, 0.25) is 0 Å². The molecular weight excluding hydrogens is 110 g/mol. The quantitative estimate of drug-likeness (QED) is 0.222. The van der Waals surface area contributed by atoms with Crippen molar-refractivity contribution in [2.45, 2.75) is 0 Å². The van der Waals surface area contributed by atoms with E-state index < -0.39 is 10.6 Å². The zero-order valence-corrected chi connectivity index (χ0v) is 3.71. The Bertz CT molecular complexity index is 195. The molecule has 0 unspecified atom stereocenters. The van der Waals surface area contributed by atoms with Crippen LogP contribution in [0.4, 0.5) is 0 Å². The van der Waals surface area contributed by atoms with Crippen LogP contribution in [0, 0.1) is 26.9 Å². The van der Waals surface area contributed by atoms with Crippen molar-refractivity contribution in [1.29, 1.82) is 10.7 Å². The lowest BCUT2D eigenvalue weighted by Gasteiger charge is -1.74. The van der Waals surface area contributed by atoms with Gasteiger partial charge in [-0.25, -0.2) is 0 Å². The first-order valence-corrected chi connectivity index (χ1v) is 1.56. The number of hydrogen-bond acceptors (Lipinski definition) is 4. The van der Waals surface area contributed by atoms with E-state index in [0.717, 1.165) is 0 Å². The molecule has 0 fully saturated rings. The fourth-order valence-corrected chi connectivity index (χ4v) is 0.114. The van der Waals surface area contributed by atoms with E-state index in [9.17, 15) is 10.1 Å². The summed E-state index contributed by atoms with van der Waals surface area (Å²) < 4.78 is 0. The molecule has 0 rings (SSSR count). The molecule has 0 bridgehead atoms. The molecule has 0 aliphatic heterocycles. The lowest BCUT2D eigenvalue weighted by atomic mass is 10.6. The van der Waals surface area contributed by atoms with Crippen molar-refractivity contribution in [2.75, 3.05) is 0 Å². The summed E-state index contributed by atoms with van der Waals surface area (Å²) in [5, 5.41) is 23.4. The first kappa shape index (κ1) is 6.34. The van der Waals surface area contributed by atoms with Gasteiger partial charge in [0.05, 0.1) is 10.8 Å². The Kier molecular flexibility index (Phi) is 1.98. The molecular formula is C3HN3O2. The largest absolute Gasteiger partial charge is 0.406 e. The third kappa shape index (κ3) is 1.20. The van der Waals surface area contributed by atoms with Crippen LogP contribution in [0.25, 0.3) is 0 Å². The average Bonchev–Trinajstić information content (AvgIpc) is 1.69. The standard InChI is InChI=1S/C3HN3O2/c4-1-3(2-5)6(7)8/h4H. The number of hydrogen-bond donors (Lipinski definition) is 1. The molecule has 0 aliphatic rings. The monoisotopic (exact) mass is 111 g/mol. The third-order valence-corrected chi connectivity index (χ3v) is 0.407. The smallest absolute Gasteiger partial charge is 0.257 e. The van der Waals surface area contributed by atoms with Crippen LogP contribution in [0.5, 0.6) is 0 Å². The summed E-state index contributed by atoms with van der Waals surface area (Å²) in [6, 6.07) is 1.17. The van der Waals surface area contributed by atoms with Crippen molar-refractivity contribution in [3.05, 3.63) is 15.8 Å². The Labute approximate surface area is 44.5 Å². The van der Waals surface area contributed by atoms with E-state index in [4.69, 9.17) is 10.7 Å². The molecule has 40 valence electrons. The minimum absolute atomic E-state index is 0.870. The lowest BCUT2D eigenvalue weighted by Crippen LogP contribution is -1.94. The summed E-state index contributed by atoms with van der Waals surface area (Å²) in [5.41, 5.74) is -0.870. The second-order valence-electron chi connectivity index (χ2n) is 0.843. The lowest BCUT2D eigenvalue weighted by molar-refractivity contribution is -0.414. The average molecular weight is 111 g/mol. The van der Waals surface area contributed by atoms with Gasteiger partial charge in [0.15, 0.2) is 6.07 Å². The summed E-state index contributed by atoms with van der Waals surface area (Å²) in [6.45, 7) is 0. The van der Waals surface area contributed by atoms with E-state index >= 15 is 0 Å². The van der Waals surface area contributed by atoms with Crippen LogP contribution in [0.15, 0.2) is 5.70 Å². The van der Waals surface area contributed by atoms with Gasteiger partial charge in [-0.1, -0.05) is 0 Å². The minimum Gasteiger partial charge on any atom is -0.257 e. The highest BCUT2D eigenvalue weighted by atomic mass is 16.6. The van der Waals surface area contributed by atoms with Gasteiger partial charge in [-0.15, -0.1) is 0 Å². The van der Waals surface area contributed by atoms with Crippen molar-refractivity contribution in [3.63, 3.8) is 0 Å². The van der Waals surface area contributed by atoms with Crippen LogP contribution in [-0.4, -0.2) is 10.8 Å². The molecule has 5 nitrogen and oxygen atoms in total. The van der Waals surface area contributed by atoms with Crippen LogP contribution >= 0.6 is 0 Å². The van der Waals surface area contributed by atoms with Gasteiger partial charge in [-0.2, -0.15) is 5.26 Å². The Balaban J connectivity index is 4.46. The number of allylic oxidation sites excluding steroid dienone is 1. The SMILES string of the molecule is N#CC(=C=N)[N+](=O)[O-]. The van der Waals surface area contributed by atoms with Gasteiger partial charge < -0.3 is 0 Å². The third-order valence-electron chi connectivity index (χ3n) is 0.407. The summed E-state index contributed by atoms with van der Waals surface area (Å²) >= 11 is 0. The zero-order valence-electron chi connectivity index (χ0n) is 3.71. The maximum absolute atomic E-state index is 9.53. The van der Waals surface area contributed by atoms with Crippen LogP contribution in [0.2, 0.25) is 0 Å². The van der Waals surface area contributed by atoms with E-state index in [1.54, 1.807) is 0 Å². The van der Waals surface area contributed by atoms with E-state index in [0.29, 0.717) is 0 Å². The number of nitro groups is 1. The minimum atomic E-state index is -0.965. The molecule has 0 saturated carbocycles. The summed E-state index contributed by atoms with van der Waals surface area (Å²) in [4.78, 5) is 8.56. The highest BCUT2D eigenvalue weighted by molar-refractivity contribution is 5.56. The molecule has 0 atom stereocenters. The summed E-state index contributed by atoms with van der Waals surface area (Å²) in [7, 11) is 0. The van der Waals surface area contributed by atoms with Crippen molar-refractivity contribution in [1.82, 2.24) is 0 Å². The van der Waals surface area contributed by atoms with Crippen molar-refractivity contribution in [2.24, 2.45) is 0 Å². The first-order valence-electron chi connectivity index (χ1n) is 1.56. The Morgan fingerprint density at radius 3 is 2.38 bits per heavy atom. The fourth-order valence-electron chi connectivity index (χ4n) is 0.114. The number of nitrogens with zero attached hydrogens (tertiary/aromatic N) is 2. The molecule has 1 N–H and O–H groups in total. The molecule has 0 aromatic carbocycles. The molecule has 0 aromatic heterocycles. The van der Waals surface area contributed by atoms with E-state index in [1.807, 2.05) is 0 Å². The molecule has 0 aromatic rings. The van der Waals surface area contributed by atoms with Gasteiger partial charge in [0.1, 0.15) is 0 Å². The molecule has 0 saturated heterocycles. The molecule has 0 spiro atoms. The molecule has 0 aliphatic carbocycles. The second kappa shape index (κ2) is 2.50. The molecule has 5 heteroatoms. The molecule has 8 heavy (non-hydrogen) atoms. The Hall–Kier alpha value is -1.66. The zero-order chi connectivity index (χ0) is 6.57. The molecule has 0 heterocycles. The van der Waals surface area contributed by atoms with E-state index in [1.165, 1.54) is 11.9 Å². The van der Waals surface area contributed by atoms with Crippen molar-refractivity contribution in [3.8, 4) is 6.07 Å². The van der Waals surface area contributed by atoms with Crippen molar-refractivity contribution >= 4 is 5.87 Å². The van der Waals surface area contributed by atoms with E-state index in [-0.39, 0.29) is 0 Å². The Morgan fingerprint density at radius 2 is 2.38 bits per heavy atom. The number of nitriles is 1. The first-order chi connectivity index (χ1) is 3.72. The van der Waals surface area contributed by atoms with Gasteiger partial charge in [-0.05, 0) is 0 Å². The van der Waals surface area contributed by atoms with Gasteiger partial charge in [-0.3, -0.25) is 15.5 Å². The number of rotatable bonds is 1. The topological polar surface area (TPSA) is 90.8 Å². The Morgan fingerprint density at radius 1 is 1.88 bits per heavy atom. The predicted octanol–water partition coefficient (Wildman–Crippen LogP) is -0.0810. The normalized spacial score (nSPS) is 6.38. The predicted molar refractivity (Wildman–Crippen MR) is 23.8 cm³/mol. The maximum Gasteiger partial charge on any atom is 0.406 e.